The Bertz CT molecular complexity index is 246. The number of aliphatic hydroxyl groups is 1. The highest BCUT2D eigenvalue weighted by Crippen LogP contribution is 2.08. The molecule has 0 atom stereocenters. The number of hydrogen-bond acceptors (Lipinski definition) is 2. The number of aliphatic hydroxyl groups excluding tert-OH is 1. The van der Waals surface area contributed by atoms with E-state index in [4.69, 9.17) is 9.84 Å². The van der Waals surface area contributed by atoms with Gasteiger partial charge in [-0.3, -0.25) is 0 Å². The maximum Gasteiger partial charge on any atom is 0.0713 e. The fourth-order valence-corrected chi connectivity index (χ4v) is 1.32. The fourth-order valence-electron chi connectivity index (χ4n) is 1.32. The average molecular weight is 180 g/mol. The van der Waals surface area contributed by atoms with Gasteiger partial charge in [0.05, 0.1) is 6.61 Å². The first-order valence-corrected chi connectivity index (χ1v) is 4.54. The third-order valence-corrected chi connectivity index (χ3v) is 1.93. The number of methoxy groups -OCH3 is 1. The smallest absolute Gasteiger partial charge is 0.0713 e. The van der Waals surface area contributed by atoms with Gasteiger partial charge in [0.15, 0.2) is 0 Å². The van der Waals surface area contributed by atoms with E-state index in [0.717, 1.165) is 12.8 Å². The zero-order valence-electron chi connectivity index (χ0n) is 7.99. The van der Waals surface area contributed by atoms with Crippen molar-refractivity contribution in [2.75, 3.05) is 13.7 Å². The third kappa shape index (κ3) is 3.57. The molecule has 0 aliphatic heterocycles. The number of ether oxygens (including phenoxy) is 1. The van der Waals surface area contributed by atoms with E-state index in [1.54, 1.807) is 7.11 Å². The molecule has 0 unspecified atom stereocenters. The number of benzene rings is 1. The van der Waals surface area contributed by atoms with Crippen molar-refractivity contribution >= 4 is 0 Å². The predicted octanol–water partition coefficient (Wildman–Crippen LogP) is 1.76. The Kier molecular flexibility index (Phi) is 4.50. The summed E-state index contributed by atoms with van der Waals surface area (Å²) in [6, 6.07) is 8.28. The normalized spacial score (nSPS) is 10.3. The fraction of sp³-hybridized carbons (Fsp3) is 0.455. The van der Waals surface area contributed by atoms with Crippen LogP contribution in [0.25, 0.3) is 0 Å². The molecule has 0 heterocycles. The van der Waals surface area contributed by atoms with Gasteiger partial charge < -0.3 is 9.84 Å². The van der Waals surface area contributed by atoms with E-state index in [9.17, 15) is 0 Å². The first-order valence-electron chi connectivity index (χ1n) is 4.54. The first-order chi connectivity index (χ1) is 6.36. The summed E-state index contributed by atoms with van der Waals surface area (Å²) in [4.78, 5) is 0. The lowest BCUT2D eigenvalue weighted by Crippen LogP contribution is -1.92. The van der Waals surface area contributed by atoms with Crippen LogP contribution >= 0.6 is 0 Å². The van der Waals surface area contributed by atoms with Gasteiger partial charge in [-0.25, -0.2) is 0 Å². The Morgan fingerprint density at radius 3 is 2.77 bits per heavy atom. The van der Waals surface area contributed by atoms with E-state index in [2.05, 4.69) is 12.1 Å². The third-order valence-electron chi connectivity index (χ3n) is 1.93. The van der Waals surface area contributed by atoms with Gasteiger partial charge in [-0.1, -0.05) is 24.3 Å². The molecule has 1 rings (SSSR count). The van der Waals surface area contributed by atoms with Crippen LogP contribution in [0.5, 0.6) is 0 Å². The van der Waals surface area contributed by atoms with Crippen LogP contribution in [-0.4, -0.2) is 18.8 Å². The van der Waals surface area contributed by atoms with Crippen LogP contribution in [-0.2, 0) is 17.8 Å². The van der Waals surface area contributed by atoms with Crippen LogP contribution in [0, 0.1) is 0 Å². The summed E-state index contributed by atoms with van der Waals surface area (Å²) in [5, 5.41) is 8.68. The maximum atomic E-state index is 8.68. The van der Waals surface area contributed by atoms with Gasteiger partial charge in [0, 0.05) is 13.7 Å². The highest BCUT2D eigenvalue weighted by Gasteiger charge is 1.95. The van der Waals surface area contributed by atoms with Crippen LogP contribution in [0.15, 0.2) is 24.3 Å². The molecule has 0 amide bonds. The van der Waals surface area contributed by atoms with Crippen LogP contribution < -0.4 is 0 Å². The van der Waals surface area contributed by atoms with Crippen LogP contribution in [0.1, 0.15) is 17.5 Å². The quantitative estimate of drug-likeness (QED) is 0.748. The molecule has 72 valence electrons. The predicted molar refractivity (Wildman–Crippen MR) is 52.6 cm³/mol. The summed E-state index contributed by atoms with van der Waals surface area (Å²) in [6.07, 6.45) is 1.77. The molecule has 2 heteroatoms. The van der Waals surface area contributed by atoms with E-state index in [1.807, 2.05) is 12.1 Å². The Hall–Kier alpha value is -0.860. The molecule has 0 bridgehead atoms. The number of hydrogen-bond donors (Lipinski definition) is 1. The molecule has 0 aliphatic rings. The molecule has 1 aromatic rings. The summed E-state index contributed by atoms with van der Waals surface area (Å²) in [7, 11) is 1.69. The van der Waals surface area contributed by atoms with Crippen LogP contribution in [0.2, 0.25) is 0 Å². The topological polar surface area (TPSA) is 29.5 Å². The van der Waals surface area contributed by atoms with Gasteiger partial charge in [-0.15, -0.1) is 0 Å². The zero-order valence-corrected chi connectivity index (χ0v) is 7.99. The van der Waals surface area contributed by atoms with E-state index in [1.165, 1.54) is 11.1 Å². The average Bonchev–Trinajstić information content (AvgIpc) is 2.16. The Morgan fingerprint density at radius 2 is 2.08 bits per heavy atom. The van der Waals surface area contributed by atoms with Gasteiger partial charge in [0.2, 0.25) is 0 Å². The lowest BCUT2D eigenvalue weighted by atomic mass is 10.1. The van der Waals surface area contributed by atoms with Gasteiger partial charge in [0.25, 0.3) is 0 Å². The monoisotopic (exact) mass is 180 g/mol. The van der Waals surface area contributed by atoms with Crippen molar-refractivity contribution in [3.8, 4) is 0 Å². The van der Waals surface area contributed by atoms with Crippen molar-refractivity contribution in [1.82, 2.24) is 0 Å². The van der Waals surface area contributed by atoms with E-state index < -0.39 is 0 Å². The number of rotatable bonds is 5. The molecule has 0 aromatic heterocycles. The maximum absolute atomic E-state index is 8.68. The highest BCUT2D eigenvalue weighted by molar-refractivity contribution is 5.23. The van der Waals surface area contributed by atoms with E-state index >= 15 is 0 Å². The van der Waals surface area contributed by atoms with E-state index in [0.29, 0.717) is 6.61 Å². The van der Waals surface area contributed by atoms with Crippen molar-refractivity contribution < 1.29 is 9.84 Å². The largest absolute Gasteiger partial charge is 0.396 e. The van der Waals surface area contributed by atoms with Crippen molar-refractivity contribution in [2.45, 2.75) is 19.4 Å². The molecule has 0 saturated heterocycles. The Labute approximate surface area is 79.2 Å². The highest BCUT2D eigenvalue weighted by atomic mass is 16.5. The minimum atomic E-state index is 0.258. The SMILES string of the molecule is COCc1cccc(CCCO)c1. The van der Waals surface area contributed by atoms with Crippen LogP contribution in [0.4, 0.5) is 0 Å². The second kappa shape index (κ2) is 5.73. The van der Waals surface area contributed by atoms with Gasteiger partial charge in [-0.2, -0.15) is 0 Å². The minimum Gasteiger partial charge on any atom is -0.396 e. The molecule has 0 fully saturated rings. The number of aryl methyl sites for hydroxylation is 1. The van der Waals surface area contributed by atoms with Gasteiger partial charge in [-0.05, 0) is 24.0 Å². The van der Waals surface area contributed by atoms with Crippen LogP contribution in [0.3, 0.4) is 0 Å². The molecular formula is C11H16O2. The molecule has 1 aromatic carbocycles. The van der Waals surface area contributed by atoms with Crippen molar-refractivity contribution in [3.05, 3.63) is 35.4 Å². The molecule has 2 nitrogen and oxygen atoms in total. The molecule has 0 aliphatic carbocycles. The molecular weight excluding hydrogens is 164 g/mol. The van der Waals surface area contributed by atoms with Crippen molar-refractivity contribution in [3.63, 3.8) is 0 Å². The molecule has 0 spiro atoms. The summed E-state index contributed by atoms with van der Waals surface area (Å²) < 4.78 is 5.04. The Balaban J connectivity index is 2.56. The molecule has 0 radical (unpaired) electrons. The van der Waals surface area contributed by atoms with Crippen molar-refractivity contribution in [1.29, 1.82) is 0 Å². The van der Waals surface area contributed by atoms with Gasteiger partial charge >= 0.3 is 0 Å². The molecule has 13 heavy (non-hydrogen) atoms. The lowest BCUT2D eigenvalue weighted by molar-refractivity contribution is 0.185. The lowest BCUT2D eigenvalue weighted by Gasteiger charge is -2.03. The zero-order chi connectivity index (χ0) is 9.52. The second-order valence-electron chi connectivity index (χ2n) is 3.08. The summed E-state index contributed by atoms with van der Waals surface area (Å²) in [5.41, 5.74) is 2.46. The summed E-state index contributed by atoms with van der Waals surface area (Å²) >= 11 is 0. The first kappa shape index (κ1) is 10.2. The van der Waals surface area contributed by atoms with Gasteiger partial charge in [0.1, 0.15) is 0 Å². The summed E-state index contributed by atoms with van der Waals surface area (Å²) in [5.74, 6) is 0. The molecule has 1 N–H and O–H groups in total. The van der Waals surface area contributed by atoms with Crippen molar-refractivity contribution in [2.24, 2.45) is 0 Å². The minimum absolute atomic E-state index is 0.258. The standard InChI is InChI=1S/C11H16O2/c1-13-9-11-5-2-4-10(8-11)6-3-7-12/h2,4-5,8,12H,3,6-7,9H2,1H3. The summed E-state index contributed by atoms with van der Waals surface area (Å²) in [6.45, 7) is 0.918. The molecule has 0 saturated carbocycles. The Morgan fingerprint density at radius 1 is 1.31 bits per heavy atom. The van der Waals surface area contributed by atoms with E-state index in [-0.39, 0.29) is 6.61 Å². The second-order valence-corrected chi connectivity index (χ2v) is 3.08.